The number of nitrogens with one attached hydrogen (secondary N) is 4. The van der Waals surface area contributed by atoms with Crippen molar-refractivity contribution in [2.24, 2.45) is 0 Å². The highest BCUT2D eigenvalue weighted by Gasteiger charge is 2.22. The van der Waals surface area contributed by atoms with E-state index in [2.05, 4.69) is 30.8 Å². The highest BCUT2D eigenvalue weighted by Crippen LogP contribution is 2.22. The summed E-state index contributed by atoms with van der Waals surface area (Å²) < 4.78 is 0. The van der Waals surface area contributed by atoms with E-state index in [9.17, 15) is 9.59 Å². The largest absolute Gasteiger partial charge is 0.349 e. The van der Waals surface area contributed by atoms with E-state index in [1.54, 1.807) is 12.5 Å². The molecule has 2 amide bonds. The number of imidazole rings is 1. The molecule has 2 aromatic rings. The lowest BCUT2D eigenvalue weighted by molar-refractivity contribution is -0.128. The second-order valence-electron chi connectivity index (χ2n) is 5.73. The second-order valence-corrected chi connectivity index (χ2v) is 5.73. The summed E-state index contributed by atoms with van der Waals surface area (Å²) in [4.78, 5) is 30.6. The van der Waals surface area contributed by atoms with Gasteiger partial charge in [-0.2, -0.15) is 5.10 Å². The first-order valence-corrected chi connectivity index (χ1v) is 7.70. The summed E-state index contributed by atoms with van der Waals surface area (Å²) in [6.07, 6.45) is 6.70. The summed E-state index contributed by atoms with van der Waals surface area (Å²) in [6, 6.07) is -0.639. The Morgan fingerprint density at radius 2 is 2.26 bits per heavy atom. The fourth-order valence-electron chi connectivity index (χ4n) is 2.90. The van der Waals surface area contributed by atoms with Gasteiger partial charge in [-0.3, -0.25) is 14.7 Å². The van der Waals surface area contributed by atoms with Crippen LogP contribution in [0.15, 0.2) is 12.5 Å². The maximum absolute atomic E-state index is 12.4. The lowest BCUT2D eigenvalue weighted by atomic mass is 10.1. The third-order valence-electron chi connectivity index (χ3n) is 3.99. The fraction of sp³-hybridized carbons (Fsp3) is 0.467. The van der Waals surface area contributed by atoms with Gasteiger partial charge in [-0.1, -0.05) is 0 Å². The molecule has 0 aromatic carbocycles. The molecular formula is C15H20N6O2. The van der Waals surface area contributed by atoms with Crippen molar-refractivity contribution in [1.82, 2.24) is 30.8 Å². The molecule has 1 aliphatic rings. The molecule has 1 atom stereocenters. The Hall–Kier alpha value is -2.64. The van der Waals surface area contributed by atoms with E-state index in [0.717, 1.165) is 30.7 Å². The number of hydrogen-bond acceptors (Lipinski definition) is 4. The first-order valence-electron chi connectivity index (χ1n) is 7.70. The molecular weight excluding hydrogens is 296 g/mol. The van der Waals surface area contributed by atoms with Crippen molar-refractivity contribution in [3.63, 3.8) is 0 Å². The minimum absolute atomic E-state index is 0.232. The zero-order valence-corrected chi connectivity index (χ0v) is 13.0. The Kier molecular flexibility index (Phi) is 4.40. The highest BCUT2D eigenvalue weighted by molar-refractivity contribution is 5.87. The molecule has 0 spiro atoms. The zero-order chi connectivity index (χ0) is 16.2. The molecule has 0 unspecified atom stereocenters. The Morgan fingerprint density at radius 1 is 1.39 bits per heavy atom. The number of amides is 2. The highest BCUT2D eigenvalue weighted by atomic mass is 16.2. The van der Waals surface area contributed by atoms with Gasteiger partial charge in [-0.05, 0) is 24.8 Å². The van der Waals surface area contributed by atoms with Gasteiger partial charge in [0.25, 0.3) is 0 Å². The molecule has 2 heterocycles. The van der Waals surface area contributed by atoms with Gasteiger partial charge in [0.2, 0.25) is 11.8 Å². The lowest BCUT2D eigenvalue weighted by Gasteiger charge is -2.16. The van der Waals surface area contributed by atoms with E-state index in [-0.39, 0.29) is 11.8 Å². The van der Waals surface area contributed by atoms with Gasteiger partial charge < -0.3 is 15.6 Å². The lowest BCUT2D eigenvalue weighted by Crippen LogP contribution is -2.47. The first-order chi connectivity index (χ1) is 11.1. The van der Waals surface area contributed by atoms with E-state index >= 15 is 0 Å². The minimum Gasteiger partial charge on any atom is -0.349 e. The van der Waals surface area contributed by atoms with Crippen molar-refractivity contribution in [3.8, 4) is 0 Å². The van der Waals surface area contributed by atoms with Crippen LogP contribution < -0.4 is 10.6 Å². The van der Waals surface area contributed by atoms with Crippen LogP contribution in [0, 0.1) is 0 Å². The molecule has 0 aliphatic heterocycles. The maximum atomic E-state index is 12.4. The number of hydrogen-bond donors (Lipinski definition) is 4. The van der Waals surface area contributed by atoms with E-state index < -0.39 is 6.04 Å². The molecule has 8 heteroatoms. The third kappa shape index (κ3) is 3.58. The maximum Gasteiger partial charge on any atom is 0.243 e. The van der Waals surface area contributed by atoms with Crippen molar-refractivity contribution in [2.75, 3.05) is 0 Å². The summed E-state index contributed by atoms with van der Waals surface area (Å²) in [6.45, 7) is 1.76. The molecule has 23 heavy (non-hydrogen) atoms. The Balaban J connectivity index is 1.62. The van der Waals surface area contributed by atoms with Crippen LogP contribution >= 0.6 is 0 Å². The summed E-state index contributed by atoms with van der Waals surface area (Å²) in [5, 5.41) is 12.8. The van der Waals surface area contributed by atoms with Crippen LogP contribution in [0.5, 0.6) is 0 Å². The Labute approximate surface area is 133 Å². The molecule has 0 saturated carbocycles. The van der Waals surface area contributed by atoms with Gasteiger partial charge in [0.1, 0.15) is 6.04 Å². The van der Waals surface area contributed by atoms with Crippen LogP contribution in [-0.4, -0.2) is 38.0 Å². The number of aromatic amines is 2. The van der Waals surface area contributed by atoms with Crippen LogP contribution in [-0.2, 0) is 35.4 Å². The standard InChI is InChI=1S/C15H20N6O2/c1-9(22)19-13(5-10-6-16-8-18-10)15(23)17-7-14-11-3-2-4-12(11)20-21-14/h6,8,13H,2-5,7H2,1H3,(H,16,18)(H,17,23)(H,19,22)(H,20,21)/t13-/m0/s1. The smallest absolute Gasteiger partial charge is 0.243 e. The predicted molar refractivity (Wildman–Crippen MR) is 82.4 cm³/mol. The van der Waals surface area contributed by atoms with Gasteiger partial charge >= 0.3 is 0 Å². The number of aromatic nitrogens is 4. The topological polar surface area (TPSA) is 116 Å². The van der Waals surface area contributed by atoms with E-state index in [0.29, 0.717) is 13.0 Å². The Morgan fingerprint density at radius 3 is 3.00 bits per heavy atom. The molecule has 0 saturated heterocycles. The molecule has 8 nitrogen and oxygen atoms in total. The van der Waals surface area contributed by atoms with E-state index in [1.165, 1.54) is 18.2 Å². The fourth-order valence-corrected chi connectivity index (χ4v) is 2.90. The van der Waals surface area contributed by atoms with Crippen molar-refractivity contribution in [1.29, 1.82) is 0 Å². The molecule has 4 N–H and O–H groups in total. The monoisotopic (exact) mass is 316 g/mol. The zero-order valence-electron chi connectivity index (χ0n) is 13.0. The minimum atomic E-state index is -0.639. The molecule has 1 aliphatic carbocycles. The number of H-pyrrole nitrogens is 2. The van der Waals surface area contributed by atoms with E-state index in [4.69, 9.17) is 0 Å². The summed E-state index contributed by atoms with van der Waals surface area (Å²) in [5.41, 5.74) is 4.06. The van der Waals surface area contributed by atoms with Crippen molar-refractivity contribution >= 4 is 11.8 Å². The summed E-state index contributed by atoms with van der Waals surface area (Å²) >= 11 is 0. The van der Waals surface area contributed by atoms with Crippen molar-refractivity contribution in [3.05, 3.63) is 35.2 Å². The van der Waals surface area contributed by atoms with Crippen LogP contribution in [0.3, 0.4) is 0 Å². The molecule has 3 rings (SSSR count). The number of nitrogens with zero attached hydrogens (tertiary/aromatic N) is 2. The average Bonchev–Trinajstić information content (AvgIpc) is 3.22. The van der Waals surface area contributed by atoms with Gasteiger partial charge in [-0.25, -0.2) is 4.98 Å². The van der Waals surface area contributed by atoms with Gasteiger partial charge in [0.05, 0.1) is 18.6 Å². The molecule has 0 radical (unpaired) electrons. The second kappa shape index (κ2) is 6.64. The average molecular weight is 316 g/mol. The SMILES string of the molecule is CC(=O)N[C@@H](Cc1cnc[nH]1)C(=O)NCc1n[nH]c2c1CCC2. The van der Waals surface area contributed by atoms with Crippen LogP contribution in [0.4, 0.5) is 0 Å². The number of carbonyl (C=O) groups is 2. The molecule has 2 aromatic heterocycles. The molecule has 0 bridgehead atoms. The van der Waals surface area contributed by atoms with Gasteiger partial charge in [-0.15, -0.1) is 0 Å². The predicted octanol–water partition coefficient (Wildman–Crippen LogP) is -0.0149. The number of carbonyl (C=O) groups excluding carboxylic acids is 2. The first kappa shape index (κ1) is 15.3. The van der Waals surface area contributed by atoms with Gasteiger partial charge in [0, 0.05) is 30.9 Å². The van der Waals surface area contributed by atoms with E-state index in [1.807, 2.05) is 0 Å². The molecule has 0 fully saturated rings. The normalized spacial score (nSPS) is 14.3. The Bertz CT molecular complexity index is 691. The summed E-state index contributed by atoms with van der Waals surface area (Å²) in [5.74, 6) is -0.477. The van der Waals surface area contributed by atoms with Gasteiger partial charge in [0.15, 0.2) is 0 Å². The number of fused-ring (bicyclic) bond motifs is 1. The number of aryl methyl sites for hydroxylation is 1. The van der Waals surface area contributed by atoms with Crippen LogP contribution in [0.1, 0.15) is 36.0 Å². The third-order valence-corrected chi connectivity index (χ3v) is 3.99. The van der Waals surface area contributed by atoms with Crippen LogP contribution in [0.25, 0.3) is 0 Å². The molecule has 122 valence electrons. The van der Waals surface area contributed by atoms with Crippen molar-refractivity contribution in [2.45, 2.75) is 45.2 Å². The van der Waals surface area contributed by atoms with Crippen molar-refractivity contribution < 1.29 is 9.59 Å². The summed E-state index contributed by atoms with van der Waals surface area (Å²) in [7, 11) is 0. The quantitative estimate of drug-likeness (QED) is 0.599. The number of rotatable bonds is 6. The van der Waals surface area contributed by atoms with Crippen LogP contribution in [0.2, 0.25) is 0 Å².